The van der Waals surface area contributed by atoms with E-state index in [1.165, 1.54) is 0 Å². The Morgan fingerprint density at radius 3 is 2.56 bits per heavy atom. The molecule has 1 aromatic carbocycles. The lowest BCUT2D eigenvalue weighted by Crippen LogP contribution is -2.41. The number of benzene rings is 1. The molecule has 0 bridgehead atoms. The van der Waals surface area contributed by atoms with Crippen molar-refractivity contribution >= 4 is 11.7 Å². The number of carbonyl (C=O) groups is 2. The number of hydrogen-bond acceptors (Lipinski definition) is 3. The van der Waals surface area contributed by atoms with Crippen LogP contribution in [0.3, 0.4) is 0 Å². The van der Waals surface area contributed by atoms with Crippen LogP contribution < -0.4 is 0 Å². The highest BCUT2D eigenvalue weighted by molar-refractivity contribution is 5.97. The number of ketones is 1. The number of likely N-dealkylation sites (tertiary alicyclic amines) is 1. The van der Waals surface area contributed by atoms with E-state index >= 15 is 0 Å². The summed E-state index contributed by atoms with van der Waals surface area (Å²) in [5, 5.41) is 7.26. The third-order valence-electron chi connectivity index (χ3n) is 5.26. The summed E-state index contributed by atoms with van der Waals surface area (Å²) in [4.78, 5) is 27.7. The Morgan fingerprint density at radius 2 is 1.89 bits per heavy atom. The van der Waals surface area contributed by atoms with Crippen molar-refractivity contribution in [2.45, 2.75) is 64.3 Å². The molecule has 1 aliphatic rings. The molecule has 1 saturated heterocycles. The monoisotopic (exact) mass is 367 g/mol. The molecular formula is C22H29N3O2. The zero-order valence-corrected chi connectivity index (χ0v) is 16.5. The minimum Gasteiger partial charge on any atom is -0.334 e. The second kappa shape index (κ2) is 8.07. The summed E-state index contributed by atoms with van der Waals surface area (Å²) in [5.74, 6) is 0.0206. The second-order valence-corrected chi connectivity index (χ2v) is 8.41. The van der Waals surface area contributed by atoms with E-state index in [0.29, 0.717) is 24.2 Å². The summed E-state index contributed by atoms with van der Waals surface area (Å²) in [6.07, 6.45) is 4.34. The SMILES string of the molecule is CC(C)(C)c1cc(C(=O)N2CCCCC[C@H]2CC(=O)c2ccccc2)n[nH]1. The van der Waals surface area contributed by atoms with Crippen molar-refractivity contribution in [2.24, 2.45) is 0 Å². The molecule has 0 aliphatic carbocycles. The molecule has 1 atom stereocenters. The molecule has 1 fully saturated rings. The molecule has 0 saturated carbocycles. The second-order valence-electron chi connectivity index (χ2n) is 8.41. The van der Waals surface area contributed by atoms with Crippen molar-refractivity contribution in [2.75, 3.05) is 6.54 Å². The zero-order chi connectivity index (χ0) is 19.4. The number of aromatic amines is 1. The van der Waals surface area contributed by atoms with E-state index < -0.39 is 0 Å². The van der Waals surface area contributed by atoms with E-state index in [4.69, 9.17) is 0 Å². The van der Waals surface area contributed by atoms with Gasteiger partial charge in [-0.2, -0.15) is 5.10 Å². The van der Waals surface area contributed by atoms with Crippen molar-refractivity contribution in [3.63, 3.8) is 0 Å². The van der Waals surface area contributed by atoms with E-state index in [1.807, 2.05) is 41.3 Å². The summed E-state index contributed by atoms with van der Waals surface area (Å²) < 4.78 is 0. The summed E-state index contributed by atoms with van der Waals surface area (Å²) in [7, 11) is 0. The van der Waals surface area contributed by atoms with Gasteiger partial charge in [0.2, 0.25) is 0 Å². The average Bonchev–Trinajstić information content (AvgIpc) is 3.04. The third-order valence-corrected chi connectivity index (χ3v) is 5.26. The standard InChI is InChI=1S/C22H29N3O2/c1-22(2,3)20-15-18(23-24-20)21(27)25-13-9-5-8-12-17(25)14-19(26)16-10-6-4-7-11-16/h4,6-7,10-11,15,17H,5,8-9,12-14H2,1-3H3,(H,23,24)/t17-/m0/s1. The molecule has 27 heavy (non-hydrogen) atoms. The normalized spacial score (nSPS) is 18.2. The van der Waals surface area contributed by atoms with Gasteiger partial charge in [0, 0.05) is 35.7 Å². The fourth-order valence-corrected chi connectivity index (χ4v) is 3.58. The van der Waals surface area contributed by atoms with E-state index in [1.54, 1.807) is 0 Å². The van der Waals surface area contributed by atoms with E-state index in [9.17, 15) is 9.59 Å². The molecule has 1 amide bonds. The van der Waals surface area contributed by atoms with Gasteiger partial charge >= 0.3 is 0 Å². The van der Waals surface area contributed by atoms with Crippen LogP contribution in [-0.2, 0) is 5.41 Å². The van der Waals surface area contributed by atoms with Crippen molar-refractivity contribution in [3.05, 3.63) is 53.3 Å². The Balaban J connectivity index is 1.79. The van der Waals surface area contributed by atoms with E-state index in [-0.39, 0.29) is 23.1 Å². The summed E-state index contributed by atoms with van der Waals surface area (Å²) >= 11 is 0. The summed E-state index contributed by atoms with van der Waals surface area (Å²) in [5.41, 5.74) is 2.01. The number of amides is 1. The third kappa shape index (κ3) is 4.65. The highest BCUT2D eigenvalue weighted by Crippen LogP contribution is 2.25. The van der Waals surface area contributed by atoms with Gasteiger partial charge in [-0.25, -0.2) is 0 Å². The predicted octanol–water partition coefficient (Wildman–Crippen LogP) is 4.37. The molecular weight excluding hydrogens is 338 g/mol. The summed E-state index contributed by atoms with van der Waals surface area (Å²) in [6.45, 7) is 6.94. The molecule has 1 aliphatic heterocycles. The van der Waals surface area contributed by atoms with Gasteiger partial charge in [-0.1, -0.05) is 63.9 Å². The maximum Gasteiger partial charge on any atom is 0.274 e. The lowest BCUT2D eigenvalue weighted by Gasteiger charge is -2.29. The minimum atomic E-state index is -0.0903. The first kappa shape index (κ1) is 19.3. The van der Waals surface area contributed by atoms with Crippen LogP contribution in [-0.4, -0.2) is 39.4 Å². The smallest absolute Gasteiger partial charge is 0.274 e. The Hall–Kier alpha value is -2.43. The molecule has 3 rings (SSSR count). The van der Waals surface area contributed by atoms with Gasteiger partial charge in [-0.3, -0.25) is 14.7 Å². The molecule has 5 heteroatoms. The molecule has 5 nitrogen and oxygen atoms in total. The molecule has 1 N–H and O–H groups in total. The van der Waals surface area contributed by atoms with Gasteiger partial charge in [0.05, 0.1) is 0 Å². The molecule has 0 radical (unpaired) electrons. The van der Waals surface area contributed by atoms with E-state index in [0.717, 1.165) is 31.4 Å². The number of rotatable bonds is 4. The minimum absolute atomic E-state index is 0.0671. The van der Waals surface area contributed by atoms with Gasteiger partial charge < -0.3 is 4.90 Å². The predicted molar refractivity (Wildman–Crippen MR) is 106 cm³/mol. The fraction of sp³-hybridized carbons (Fsp3) is 0.500. The Bertz CT molecular complexity index is 789. The van der Waals surface area contributed by atoms with Gasteiger partial charge in [0.25, 0.3) is 5.91 Å². The summed E-state index contributed by atoms with van der Waals surface area (Å²) in [6, 6.07) is 11.1. The molecule has 2 aromatic rings. The number of hydrogen-bond donors (Lipinski definition) is 1. The molecule has 0 unspecified atom stereocenters. The quantitative estimate of drug-likeness (QED) is 0.816. The topological polar surface area (TPSA) is 66.1 Å². The first-order valence-electron chi connectivity index (χ1n) is 9.81. The van der Waals surface area contributed by atoms with Crippen LogP contribution in [0.4, 0.5) is 0 Å². The van der Waals surface area contributed by atoms with E-state index in [2.05, 4.69) is 31.0 Å². The molecule has 2 heterocycles. The first-order chi connectivity index (χ1) is 12.9. The van der Waals surface area contributed by atoms with Gasteiger partial charge in [0.1, 0.15) is 5.69 Å². The van der Waals surface area contributed by atoms with Crippen LogP contribution >= 0.6 is 0 Å². The lowest BCUT2D eigenvalue weighted by molar-refractivity contribution is 0.0654. The van der Waals surface area contributed by atoms with Crippen LogP contribution in [0.1, 0.15) is 79.4 Å². The molecule has 0 spiro atoms. The Kier molecular flexibility index (Phi) is 5.78. The number of nitrogens with zero attached hydrogens (tertiary/aromatic N) is 2. The van der Waals surface area contributed by atoms with Crippen molar-refractivity contribution in [1.82, 2.24) is 15.1 Å². The molecule has 1 aromatic heterocycles. The first-order valence-corrected chi connectivity index (χ1v) is 9.81. The van der Waals surface area contributed by atoms with Crippen molar-refractivity contribution in [3.8, 4) is 0 Å². The average molecular weight is 367 g/mol. The maximum absolute atomic E-state index is 13.2. The maximum atomic E-state index is 13.2. The van der Waals surface area contributed by atoms with Crippen LogP contribution in [0.5, 0.6) is 0 Å². The zero-order valence-electron chi connectivity index (χ0n) is 16.5. The van der Waals surface area contributed by atoms with Gasteiger partial charge in [-0.05, 0) is 18.9 Å². The molecule has 144 valence electrons. The van der Waals surface area contributed by atoms with Crippen LogP contribution in [0.25, 0.3) is 0 Å². The van der Waals surface area contributed by atoms with Crippen LogP contribution in [0.15, 0.2) is 36.4 Å². The number of aromatic nitrogens is 2. The Morgan fingerprint density at radius 1 is 1.15 bits per heavy atom. The van der Waals surface area contributed by atoms with Crippen LogP contribution in [0.2, 0.25) is 0 Å². The number of H-pyrrole nitrogens is 1. The lowest BCUT2D eigenvalue weighted by atomic mass is 9.92. The highest BCUT2D eigenvalue weighted by Gasteiger charge is 2.30. The van der Waals surface area contributed by atoms with Gasteiger partial charge in [0.15, 0.2) is 5.78 Å². The van der Waals surface area contributed by atoms with Gasteiger partial charge in [-0.15, -0.1) is 0 Å². The largest absolute Gasteiger partial charge is 0.334 e. The number of nitrogens with one attached hydrogen (secondary N) is 1. The van der Waals surface area contributed by atoms with Crippen molar-refractivity contribution in [1.29, 1.82) is 0 Å². The Labute approximate surface area is 161 Å². The van der Waals surface area contributed by atoms with Crippen LogP contribution in [0, 0.1) is 0 Å². The fourth-order valence-electron chi connectivity index (χ4n) is 3.58. The van der Waals surface area contributed by atoms with Crippen molar-refractivity contribution < 1.29 is 9.59 Å². The number of Topliss-reactive ketones (excluding diaryl/α,β-unsaturated/α-hetero) is 1. The highest BCUT2D eigenvalue weighted by atomic mass is 16.2. The number of carbonyl (C=O) groups excluding carboxylic acids is 2.